The molecule has 1 atom stereocenters. The first-order valence-corrected chi connectivity index (χ1v) is 8.05. The molecule has 0 aromatic heterocycles. The number of nitrogens with one attached hydrogen (secondary N) is 1. The van der Waals surface area contributed by atoms with Crippen molar-refractivity contribution in [3.05, 3.63) is 24.3 Å². The van der Waals surface area contributed by atoms with Crippen LogP contribution in [-0.2, 0) is 10.0 Å². The normalized spacial score (nSPS) is 13.2. The molecule has 1 rings (SSSR count). The molecule has 108 valence electrons. The minimum atomic E-state index is -3.36. The molecular formula is C12H19NO4S2. The molecule has 7 heteroatoms. The van der Waals surface area contributed by atoms with E-state index in [1.54, 1.807) is 19.1 Å². The van der Waals surface area contributed by atoms with Crippen LogP contribution in [0.1, 0.15) is 13.3 Å². The summed E-state index contributed by atoms with van der Waals surface area (Å²) in [5.74, 6) is 0.638. The number of rotatable bonds is 8. The Kier molecular flexibility index (Phi) is 6.64. The molecule has 0 aliphatic rings. The topological polar surface area (TPSA) is 75.6 Å². The van der Waals surface area contributed by atoms with Crippen molar-refractivity contribution in [2.24, 2.45) is 0 Å². The van der Waals surface area contributed by atoms with E-state index in [9.17, 15) is 8.42 Å². The van der Waals surface area contributed by atoms with E-state index < -0.39 is 16.1 Å². The molecule has 2 N–H and O–H groups in total. The second kappa shape index (κ2) is 7.74. The molecule has 0 unspecified atom stereocenters. The molecular weight excluding hydrogens is 286 g/mol. The van der Waals surface area contributed by atoms with Crippen molar-refractivity contribution in [1.29, 1.82) is 0 Å². The van der Waals surface area contributed by atoms with Gasteiger partial charge in [0.15, 0.2) is 0 Å². The average Bonchev–Trinajstić information content (AvgIpc) is 2.34. The van der Waals surface area contributed by atoms with Crippen LogP contribution in [0.5, 0.6) is 5.75 Å². The number of ether oxygens (including phenoxy) is 1. The van der Waals surface area contributed by atoms with Crippen LogP contribution >= 0.6 is 12.6 Å². The van der Waals surface area contributed by atoms with Crippen LogP contribution in [0.15, 0.2) is 29.2 Å². The van der Waals surface area contributed by atoms with Gasteiger partial charge in [-0.1, -0.05) is 6.07 Å². The van der Waals surface area contributed by atoms with Crippen LogP contribution in [0, 0.1) is 0 Å². The van der Waals surface area contributed by atoms with E-state index in [1.807, 2.05) is 12.1 Å². The summed E-state index contributed by atoms with van der Waals surface area (Å²) in [4.78, 5) is 0.795. The fourth-order valence-electron chi connectivity index (χ4n) is 1.41. The Bertz CT molecular complexity index is 490. The maximum Gasteiger partial charge on any atom is 0.212 e. The van der Waals surface area contributed by atoms with Crippen molar-refractivity contribution in [3.63, 3.8) is 0 Å². The van der Waals surface area contributed by atoms with Crippen LogP contribution in [0.2, 0.25) is 0 Å². The minimum Gasteiger partial charge on any atom is -0.494 e. The molecule has 0 fully saturated rings. The van der Waals surface area contributed by atoms with Gasteiger partial charge in [-0.2, -0.15) is 0 Å². The summed E-state index contributed by atoms with van der Waals surface area (Å²) in [6.07, 6.45) is 0.379. The smallest absolute Gasteiger partial charge is 0.212 e. The number of sulfonamides is 1. The maximum atomic E-state index is 11.6. The van der Waals surface area contributed by atoms with Crippen LogP contribution in [0.25, 0.3) is 0 Å². The highest BCUT2D eigenvalue weighted by Crippen LogP contribution is 2.15. The van der Waals surface area contributed by atoms with Crippen LogP contribution in [0.3, 0.4) is 0 Å². The van der Waals surface area contributed by atoms with Crippen molar-refractivity contribution >= 4 is 22.7 Å². The molecule has 0 heterocycles. The Morgan fingerprint density at radius 2 is 2.21 bits per heavy atom. The monoisotopic (exact) mass is 305 g/mol. The Hall–Kier alpha value is -0.760. The SMILES string of the molecule is C[C@H](CO)NS(=O)(=O)CCCOc1cccc(S)c1. The van der Waals surface area contributed by atoms with Gasteiger partial charge in [0.25, 0.3) is 0 Å². The van der Waals surface area contributed by atoms with Crippen LogP contribution in [-0.4, -0.2) is 38.5 Å². The first-order chi connectivity index (χ1) is 8.93. The highest BCUT2D eigenvalue weighted by atomic mass is 32.2. The summed E-state index contributed by atoms with van der Waals surface area (Å²) < 4.78 is 30.9. The molecule has 1 aromatic carbocycles. The Labute approximate surface area is 119 Å². The molecule has 19 heavy (non-hydrogen) atoms. The summed E-state index contributed by atoms with van der Waals surface area (Å²) in [5, 5.41) is 8.79. The molecule has 0 aliphatic heterocycles. The average molecular weight is 305 g/mol. The molecule has 0 saturated carbocycles. The Balaban J connectivity index is 2.31. The predicted molar refractivity (Wildman–Crippen MR) is 77.3 cm³/mol. The zero-order valence-corrected chi connectivity index (χ0v) is 12.5. The van der Waals surface area contributed by atoms with Gasteiger partial charge in [0.1, 0.15) is 5.75 Å². The van der Waals surface area contributed by atoms with Gasteiger partial charge in [0, 0.05) is 10.9 Å². The second-order valence-corrected chi connectivity index (χ2v) is 6.61. The Morgan fingerprint density at radius 3 is 2.84 bits per heavy atom. The third-order valence-electron chi connectivity index (χ3n) is 2.30. The maximum absolute atomic E-state index is 11.6. The van der Waals surface area contributed by atoms with Crippen molar-refractivity contribution in [2.45, 2.75) is 24.3 Å². The zero-order chi connectivity index (χ0) is 14.3. The largest absolute Gasteiger partial charge is 0.494 e. The van der Waals surface area contributed by atoms with E-state index in [0.717, 1.165) is 4.90 Å². The zero-order valence-electron chi connectivity index (χ0n) is 10.7. The van der Waals surface area contributed by atoms with Gasteiger partial charge in [-0.05, 0) is 31.5 Å². The number of aliphatic hydroxyl groups is 1. The summed E-state index contributed by atoms with van der Waals surface area (Å²) >= 11 is 4.18. The molecule has 5 nitrogen and oxygen atoms in total. The molecule has 0 bridgehead atoms. The van der Waals surface area contributed by atoms with Gasteiger partial charge in [-0.3, -0.25) is 0 Å². The number of aliphatic hydroxyl groups excluding tert-OH is 1. The molecule has 0 aliphatic carbocycles. The highest BCUT2D eigenvalue weighted by molar-refractivity contribution is 7.89. The van der Waals surface area contributed by atoms with Gasteiger partial charge >= 0.3 is 0 Å². The first-order valence-electron chi connectivity index (χ1n) is 5.95. The molecule has 0 saturated heterocycles. The lowest BCUT2D eigenvalue weighted by molar-refractivity contribution is 0.265. The van der Waals surface area contributed by atoms with Crippen molar-refractivity contribution in [2.75, 3.05) is 19.0 Å². The third kappa shape index (κ3) is 6.81. The lowest BCUT2D eigenvalue weighted by atomic mass is 10.3. The summed E-state index contributed by atoms with van der Waals surface area (Å²) in [7, 11) is -3.36. The van der Waals surface area contributed by atoms with Gasteiger partial charge in [0.2, 0.25) is 10.0 Å². The van der Waals surface area contributed by atoms with Crippen molar-refractivity contribution in [3.8, 4) is 5.75 Å². The second-order valence-electron chi connectivity index (χ2n) is 4.22. The number of hydrogen-bond acceptors (Lipinski definition) is 5. The number of thiol groups is 1. The predicted octanol–water partition coefficient (Wildman–Crippen LogP) is 1.04. The van der Waals surface area contributed by atoms with Gasteiger partial charge in [-0.25, -0.2) is 13.1 Å². The van der Waals surface area contributed by atoms with Gasteiger partial charge < -0.3 is 9.84 Å². The molecule has 0 spiro atoms. The van der Waals surface area contributed by atoms with Crippen LogP contribution < -0.4 is 9.46 Å². The molecule has 0 radical (unpaired) electrons. The summed E-state index contributed by atoms with van der Waals surface area (Å²) in [6.45, 7) is 1.70. The van der Waals surface area contributed by atoms with Crippen LogP contribution in [0.4, 0.5) is 0 Å². The summed E-state index contributed by atoms with van der Waals surface area (Å²) in [5.41, 5.74) is 0. The first kappa shape index (κ1) is 16.3. The van der Waals surface area contributed by atoms with Crippen molar-refractivity contribution < 1.29 is 18.3 Å². The quantitative estimate of drug-likeness (QED) is 0.495. The fraction of sp³-hybridized carbons (Fsp3) is 0.500. The van der Waals surface area contributed by atoms with E-state index in [4.69, 9.17) is 9.84 Å². The van der Waals surface area contributed by atoms with Gasteiger partial charge in [-0.15, -0.1) is 12.6 Å². The van der Waals surface area contributed by atoms with E-state index in [2.05, 4.69) is 17.4 Å². The minimum absolute atomic E-state index is 0.0299. The molecule has 1 aromatic rings. The van der Waals surface area contributed by atoms with E-state index in [0.29, 0.717) is 18.8 Å². The lowest BCUT2D eigenvalue weighted by Crippen LogP contribution is -2.36. The fourth-order valence-corrected chi connectivity index (χ4v) is 2.93. The number of benzene rings is 1. The van der Waals surface area contributed by atoms with E-state index in [1.165, 1.54) is 0 Å². The lowest BCUT2D eigenvalue weighted by Gasteiger charge is -2.11. The van der Waals surface area contributed by atoms with Crippen molar-refractivity contribution in [1.82, 2.24) is 4.72 Å². The van der Waals surface area contributed by atoms with E-state index in [-0.39, 0.29) is 12.4 Å². The standard InChI is InChI=1S/C12H19NO4S2/c1-10(9-14)13-19(15,16)7-3-6-17-11-4-2-5-12(18)8-11/h2,4-5,8,10,13-14,18H,3,6-7,9H2,1H3/t10-/m1/s1. The Morgan fingerprint density at radius 1 is 1.47 bits per heavy atom. The summed E-state index contributed by atoms with van der Waals surface area (Å²) in [6, 6.07) is 6.75. The highest BCUT2D eigenvalue weighted by Gasteiger charge is 2.13. The molecule has 0 amide bonds. The number of hydrogen-bond donors (Lipinski definition) is 3. The van der Waals surface area contributed by atoms with Gasteiger partial charge in [0.05, 0.1) is 19.0 Å². The van der Waals surface area contributed by atoms with E-state index >= 15 is 0 Å². The third-order valence-corrected chi connectivity index (χ3v) is 4.16.